The van der Waals surface area contributed by atoms with Gasteiger partial charge in [-0.05, 0) is 61.3 Å². The summed E-state index contributed by atoms with van der Waals surface area (Å²) in [7, 11) is 0. The van der Waals surface area contributed by atoms with Crippen molar-refractivity contribution < 1.29 is 4.79 Å². The maximum atomic E-state index is 12.4. The number of fused-ring (bicyclic) bond motifs is 3. The number of aryl methyl sites for hydroxylation is 1. The van der Waals surface area contributed by atoms with E-state index in [9.17, 15) is 4.79 Å². The quantitative estimate of drug-likeness (QED) is 0.809. The average Bonchev–Trinajstić information content (AvgIpc) is 3.10. The zero-order valence-electron chi connectivity index (χ0n) is 11.6. The van der Waals surface area contributed by atoms with Crippen LogP contribution >= 0.6 is 0 Å². The Morgan fingerprint density at radius 3 is 3.00 bits per heavy atom. The minimum Gasteiger partial charge on any atom is -0.385 e. The van der Waals surface area contributed by atoms with Crippen LogP contribution in [0.1, 0.15) is 24.8 Å². The Morgan fingerprint density at radius 1 is 1.25 bits per heavy atom. The second-order valence-electron chi connectivity index (χ2n) is 6.28. The summed E-state index contributed by atoms with van der Waals surface area (Å²) in [6, 6.07) is 6.23. The average molecular weight is 268 g/mol. The van der Waals surface area contributed by atoms with Gasteiger partial charge in [-0.1, -0.05) is 12.2 Å². The third kappa shape index (κ3) is 2.01. The molecule has 1 fully saturated rings. The monoisotopic (exact) mass is 268 g/mol. The molecule has 20 heavy (non-hydrogen) atoms. The molecule has 4 rings (SSSR count). The van der Waals surface area contributed by atoms with Gasteiger partial charge in [-0.2, -0.15) is 0 Å². The Kier molecular flexibility index (Phi) is 2.79. The molecule has 0 radical (unpaired) electrons. The summed E-state index contributed by atoms with van der Waals surface area (Å²) in [5.74, 6) is 1.49. The van der Waals surface area contributed by atoms with Gasteiger partial charge in [0.1, 0.15) is 0 Å². The van der Waals surface area contributed by atoms with Crippen LogP contribution in [-0.4, -0.2) is 12.5 Å². The molecule has 1 aromatic carbocycles. The number of rotatable bonds is 2. The fourth-order valence-corrected chi connectivity index (χ4v) is 3.87. The van der Waals surface area contributed by atoms with E-state index in [1.54, 1.807) is 0 Å². The van der Waals surface area contributed by atoms with Crippen molar-refractivity contribution in [2.24, 2.45) is 17.8 Å². The van der Waals surface area contributed by atoms with Crippen molar-refractivity contribution in [2.45, 2.75) is 25.7 Å². The first kappa shape index (κ1) is 12.0. The molecule has 3 aliphatic rings. The maximum Gasteiger partial charge on any atom is 0.228 e. The first-order chi connectivity index (χ1) is 9.79. The van der Waals surface area contributed by atoms with E-state index >= 15 is 0 Å². The molecule has 3 nitrogen and oxygen atoms in total. The fourth-order valence-electron chi connectivity index (χ4n) is 3.87. The van der Waals surface area contributed by atoms with Crippen LogP contribution in [0.4, 0.5) is 11.4 Å². The van der Waals surface area contributed by atoms with E-state index < -0.39 is 0 Å². The van der Waals surface area contributed by atoms with Gasteiger partial charge in [0, 0.05) is 23.8 Å². The highest BCUT2D eigenvalue weighted by atomic mass is 16.1. The Balaban J connectivity index is 1.49. The molecule has 1 aliphatic heterocycles. The number of allylic oxidation sites excluding steroid dienone is 2. The first-order valence-corrected chi connectivity index (χ1v) is 7.65. The topological polar surface area (TPSA) is 41.1 Å². The Bertz CT molecular complexity index is 578. The lowest BCUT2D eigenvalue weighted by molar-refractivity contribution is -0.120. The van der Waals surface area contributed by atoms with Crippen LogP contribution < -0.4 is 10.6 Å². The molecule has 0 saturated heterocycles. The third-order valence-electron chi connectivity index (χ3n) is 4.93. The normalized spacial score (nSPS) is 29.9. The molecule has 2 bridgehead atoms. The van der Waals surface area contributed by atoms with Crippen molar-refractivity contribution in [1.29, 1.82) is 0 Å². The van der Waals surface area contributed by atoms with E-state index in [0.717, 1.165) is 25.1 Å². The molecule has 2 aliphatic carbocycles. The highest BCUT2D eigenvalue weighted by molar-refractivity contribution is 5.93. The van der Waals surface area contributed by atoms with Gasteiger partial charge in [-0.25, -0.2) is 0 Å². The molecular weight excluding hydrogens is 248 g/mol. The summed E-state index contributed by atoms with van der Waals surface area (Å²) in [4.78, 5) is 12.4. The number of amides is 1. The summed E-state index contributed by atoms with van der Waals surface area (Å²) in [5.41, 5.74) is 3.49. The number of nitrogens with one attached hydrogen (secondary N) is 2. The molecule has 0 aromatic heterocycles. The highest BCUT2D eigenvalue weighted by Crippen LogP contribution is 2.43. The number of carbonyl (C=O) groups excluding carboxylic acids is 1. The first-order valence-electron chi connectivity index (χ1n) is 7.65. The van der Waals surface area contributed by atoms with Crippen molar-refractivity contribution in [3.05, 3.63) is 35.9 Å². The van der Waals surface area contributed by atoms with Crippen LogP contribution in [0.15, 0.2) is 30.4 Å². The molecule has 1 heterocycles. The van der Waals surface area contributed by atoms with Gasteiger partial charge in [-0.15, -0.1) is 0 Å². The van der Waals surface area contributed by atoms with Gasteiger partial charge in [0.15, 0.2) is 0 Å². The summed E-state index contributed by atoms with van der Waals surface area (Å²) < 4.78 is 0. The fraction of sp³-hybridized carbons (Fsp3) is 0.471. The molecule has 3 atom stereocenters. The van der Waals surface area contributed by atoms with Gasteiger partial charge in [0.25, 0.3) is 0 Å². The Morgan fingerprint density at radius 2 is 2.20 bits per heavy atom. The second kappa shape index (κ2) is 4.65. The molecule has 0 spiro atoms. The number of carbonyl (C=O) groups is 1. The number of hydrogen-bond acceptors (Lipinski definition) is 2. The summed E-state index contributed by atoms with van der Waals surface area (Å²) in [6.07, 6.45) is 8.98. The van der Waals surface area contributed by atoms with E-state index in [4.69, 9.17) is 0 Å². The van der Waals surface area contributed by atoms with Crippen LogP contribution in [0.5, 0.6) is 0 Å². The highest BCUT2D eigenvalue weighted by Gasteiger charge is 2.39. The van der Waals surface area contributed by atoms with Crippen LogP contribution in [-0.2, 0) is 11.2 Å². The zero-order valence-corrected chi connectivity index (χ0v) is 11.6. The SMILES string of the molecule is O=C(Nc1ccc2c(c1)CCCN2)C1CC2C=CC1C2. The van der Waals surface area contributed by atoms with Gasteiger partial charge in [-0.3, -0.25) is 4.79 Å². The van der Waals surface area contributed by atoms with E-state index in [1.807, 2.05) is 6.07 Å². The molecule has 3 heteroatoms. The van der Waals surface area contributed by atoms with Crippen LogP contribution in [0.25, 0.3) is 0 Å². The Labute approximate surface area is 119 Å². The molecule has 1 saturated carbocycles. The summed E-state index contributed by atoms with van der Waals surface area (Å²) in [6.45, 7) is 1.05. The lowest BCUT2D eigenvalue weighted by Crippen LogP contribution is -2.26. The maximum absolute atomic E-state index is 12.4. The van der Waals surface area contributed by atoms with Crippen LogP contribution in [0.3, 0.4) is 0 Å². The smallest absolute Gasteiger partial charge is 0.228 e. The van der Waals surface area contributed by atoms with Crippen molar-refractivity contribution >= 4 is 17.3 Å². The van der Waals surface area contributed by atoms with Crippen molar-refractivity contribution in [3.63, 3.8) is 0 Å². The van der Waals surface area contributed by atoms with Crippen LogP contribution in [0.2, 0.25) is 0 Å². The molecule has 1 amide bonds. The van der Waals surface area contributed by atoms with Crippen LogP contribution in [0, 0.1) is 17.8 Å². The Hall–Kier alpha value is -1.77. The standard InChI is InChI=1S/C17H20N2O/c20-17(15-9-11-3-4-12(15)8-11)19-14-5-6-16-13(10-14)2-1-7-18-16/h3-6,10-12,15,18H,1-2,7-9H2,(H,19,20). The lowest BCUT2D eigenvalue weighted by Gasteiger charge is -2.21. The number of anilines is 2. The van der Waals surface area contributed by atoms with Gasteiger partial charge < -0.3 is 10.6 Å². The minimum absolute atomic E-state index is 0.180. The summed E-state index contributed by atoms with van der Waals surface area (Å²) in [5, 5.41) is 6.52. The van der Waals surface area contributed by atoms with Gasteiger partial charge in [0.2, 0.25) is 5.91 Å². The number of hydrogen-bond donors (Lipinski definition) is 2. The predicted molar refractivity (Wildman–Crippen MR) is 80.7 cm³/mol. The molecule has 2 N–H and O–H groups in total. The lowest BCUT2D eigenvalue weighted by atomic mass is 9.92. The van der Waals surface area contributed by atoms with E-state index in [-0.39, 0.29) is 11.8 Å². The zero-order chi connectivity index (χ0) is 13.5. The van der Waals surface area contributed by atoms with Crippen molar-refractivity contribution in [3.8, 4) is 0 Å². The van der Waals surface area contributed by atoms with Gasteiger partial charge in [0.05, 0.1) is 0 Å². The number of benzene rings is 1. The molecular formula is C17H20N2O. The predicted octanol–water partition coefficient (Wildman–Crippen LogP) is 3.20. The third-order valence-corrected chi connectivity index (χ3v) is 4.93. The van der Waals surface area contributed by atoms with E-state index in [0.29, 0.717) is 11.8 Å². The second-order valence-corrected chi connectivity index (χ2v) is 6.28. The molecule has 1 aromatic rings. The minimum atomic E-state index is 0.180. The van der Waals surface area contributed by atoms with E-state index in [1.165, 1.54) is 24.1 Å². The van der Waals surface area contributed by atoms with Crippen molar-refractivity contribution in [2.75, 3.05) is 17.2 Å². The molecule has 3 unspecified atom stereocenters. The summed E-state index contributed by atoms with van der Waals surface area (Å²) >= 11 is 0. The van der Waals surface area contributed by atoms with Gasteiger partial charge >= 0.3 is 0 Å². The molecule has 104 valence electrons. The van der Waals surface area contributed by atoms with E-state index in [2.05, 4.69) is 34.9 Å². The van der Waals surface area contributed by atoms with Crippen molar-refractivity contribution in [1.82, 2.24) is 0 Å². The largest absolute Gasteiger partial charge is 0.385 e.